The van der Waals surface area contributed by atoms with Crippen LogP contribution in [0.5, 0.6) is 5.75 Å². The number of rotatable bonds is 6. The average Bonchev–Trinajstić information content (AvgIpc) is 3.61. The number of hydrogen-bond acceptors (Lipinski definition) is 5. The van der Waals surface area contributed by atoms with Gasteiger partial charge in [-0.15, -0.1) is 0 Å². The zero-order valence-corrected chi connectivity index (χ0v) is 22.8. The molecule has 3 amide bonds. The molecule has 4 fully saturated rings. The van der Waals surface area contributed by atoms with Gasteiger partial charge in [0.15, 0.2) is 0 Å². The molecule has 0 bridgehead atoms. The lowest BCUT2D eigenvalue weighted by Gasteiger charge is -2.35. The van der Waals surface area contributed by atoms with Gasteiger partial charge in [0.2, 0.25) is 0 Å². The molecule has 8 heteroatoms. The van der Waals surface area contributed by atoms with Gasteiger partial charge in [-0.3, -0.25) is 4.90 Å². The monoisotopic (exact) mass is 512 g/mol. The number of ether oxygens (including phenoxy) is 2. The van der Waals surface area contributed by atoms with Crippen molar-refractivity contribution in [3.05, 3.63) is 24.3 Å². The summed E-state index contributed by atoms with van der Waals surface area (Å²) in [6.45, 7) is 8.69. The van der Waals surface area contributed by atoms with Crippen LogP contribution in [0, 0.1) is 0 Å². The summed E-state index contributed by atoms with van der Waals surface area (Å²) in [7, 11) is 0. The Bertz CT molecular complexity index is 932. The Morgan fingerprint density at radius 2 is 1.59 bits per heavy atom. The molecule has 1 aromatic rings. The first-order valence-corrected chi connectivity index (χ1v) is 14.3. The maximum atomic E-state index is 13.3. The molecule has 5 rings (SSSR count). The van der Waals surface area contributed by atoms with Gasteiger partial charge in [0.05, 0.1) is 6.10 Å². The fourth-order valence-corrected chi connectivity index (χ4v) is 6.31. The molecular weight excluding hydrogens is 468 g/mol. The highest BCUT2D eigenvalue weighted by molar-refractivity contribution is 5.94. The third-order valence-electron chi connectivity index (χ3n) is 8.24. The largest absolute Gasteiger partial charge is 0.490 e. The zero-order valence-electron chi connectivity index (χ0n) is 22.8. The molecule has 4 aliphatic rings. The molecule has 0 radical (unpaired) electrons. The van der Waals surface area contributed by atoms with Crippen molar-refractivity contribution in [1.82, 2.24) is 15.1 Å². The third kappa shape index (κ3) is 6.51. The summed E-state index contributed by atoms with van der Waals surface area (Å²) in [5.74, 6) is 0.904. The number of amides is 3. The molecule has 1 atom stereocenters. The number of likely N-dealkylation sites (tertiary alicyclic amines) is 1. The minimum atomic E-state index is -0.462. The summed E-state index contributed by atoms with van der Waals surface area (Å²) >= 11 is 0. The number of nitrogens with one attached hydrogen (secondary N) is 1. The van der Waals surface area contributed by atoms with Crippen molar-refractivity contribution in [3.63, 3.8) is 0 Å². The van der Waals surface area contributed by atoms with E-state index in [2.05, 4.69) is 10.2 Å². The minimum Gasteiger partial charge on any atom is -0.490 e. The van der Waals surface area contributed by atoms with Crippen molar-refractivity contribution < 1.29 is 19.1 Å². The first kappa shape index (κ1) is 26.1. The molecule has 2 aliphatic carbocycles. The van der Waals surface area contributed by atoms with E-state index in [4.69, 9.17) is 9.47 Å². The highest BCUT2D eigenvalue weighted by Gasteiger charge is 2.37. The van der Waals surface area contributed by atoms with Crippen LogP contribution in [-0.2, 0) is 4.74 Å². The van der Waals surface area contributed by atoms with Gasteiger partial charge >= 0.3 is 12.1 Å². The Morgan fingerprint density at radius 1 is 0.892 bits per heavy atom. The number of carbonyl (C=O) groups excluding carboxylic acids is 2. The van der Waals surface area contributed by atoms with Crippen molar-refractivity contribution in [2.75, 3.05) is 31.1 Å². The van der Waals surface area contributed by atoms with E-state index in [-0.39, 0.29) is 12.1 Å². The highest BCUT2D eigenvalue weighted by atomic mass is 16.6. The highest BCUT2D eigenvalue weighted by Crippen LogP contribution is 2.31. The summed E-state index contributed by atoms with van der Waals surface area (Å²) < 4.78 is 11.6. The molecule has 0 spiro atoms. The quantitative estimate of drug-likeness (QED) is 0.570. The Kier molecular flexibility index (Phi) is 7.84. The fraction of sp³-hybridized carbons (Fsp3) is 0.724. The van der Waals surface area contributed by atoms with Crippen LogP contribution >= 0.6 is 0 Å². The van der Waals surface area contributed by atoms with Gasteiger partial charge in [-0.25, -0.2) is 9.59 Å². The predicted octanol–water partition coefficient (Wildman–Crippen LogP) is 5.16. The van der Waals surface area contributed by atoms with Crippen LogP contribution < -0.4 is 15.0 Å². The second kappa shape index (κ2) is 11.1. The van der Waals surface area contributed by atoms with Gasteiger partial charge in [-0.2, -0.15) is 0 Å². The van der Waals surface area contributed by atoms with E-state index in [0.29, 0.717) is 30.8 Å². The third-order valence-corrected chi connectivity index (χ3v) is 8.24. The molecule has 204 valence electrons. The summed E-state index contributed by atoms with van der Waals surface area (Å²) in [4.78, 5) is 31.5. The van der Waals surface area contributed by atoms with E-state index in [9.17, 15) is 9.59 Å². The standard InChI is InChI=1S/C29H44N4O4/c1-29(2,3)37-28(35)31-17-16-22(20-31)30-21-8-10-23(11-9-21)32-18-19-33(27(32)34)24-12-14-26(15-13-24)36-25-6-4-5-7-25/h12-15,21-23,25,30H,4-11,16-20H2,1-3H3. The topological polar surface area (TPSA) is 74.3 Å². The second-order valence-electron chi connectivity index (χ2n) is 12.2. The molecule has 2 heterocycles. The Labute approximate surface area is 221 Å². The summed E-state index contributed by atoms with van der Waals surface area (Å²) in [6.07, 6.45) is 10.1. The predicted molar refractivity (Wildman–Crippen MR) is 144 cm³/mol. The summed E-state index contributed by atoms with van der Waals surface area (Å²) in [5, 5.41) is 3.78. The number of carbonyl (C=O) groups is 2. The van der Waals surface area contributed by atoms with E-state index in [1.807, 2.05) is 54.8 Å². The normalized spacial score (nSPS) is 27.3. The molecule has 0 aromatic heterocycles. The van der Waals surface area contributed by atoms with Gasteiger partial charge < -0.3 is 24.6 Å². The Hall–Kier alpha value is -2.48. The SMILES string of the molecule is CC(C)(C)OC(=O)N1CCC(NC2CCC(N3CCN(c4ccc(OC5CCCC5)cc4)C3=O)CC2)C1. The molecule has 2 saturated carbocycles. The van der Waals surface area contributed by atoms with Crippen LogP contribution in [-0.4, -0.2) is 77.9 Å². The number of urea groups is 1. The van der Waals surface area contributed by atoms with Crippen molar-refractivity contribution in [1.29, 1.82) is 0 Å². The van der Waals surface area contributed by atoms with Gasteiger partial charge in [0.25, 0.3) is 0 Å². The maximum absolute atomic E-state index is 13.3. The first-order chi connectivity index (χ1) is 17.7. The minimum absolute atomic E-state index is 0.129. The number of benzene rings is 1. The summed E-state index contributed by atoms with van der Waals surface area (Å²) in [5.41, 5.74) is 0.494. The molecule has 8 nitrogen and oxygen atoms in total. The number of nitrogens with zero attached hydrogens (tertiary/aromatic N) is 3. The Balaban J connectivity index is 1.06. The van der Waals surface area contributed by atoms with Gasteiger partial charge in [0.1, 0.15) is 11.4 Å². The van der Waals surface area contributed by atoms with Gasteiger partial charge in [-0.05, 0) is 103 Å². The average molecular weight is 513 g/mol. The van der Waals surface area contributed by atoms with Crippen LogP contribution in [0.25, 0.3) is 0 Å². The summed E-state index contributed by atoms with van der Waals surface area (Å²) in [6, 6.07) is 9.26. The maximum Gasteiger partial charge on any atom is 0.410 e. The molecule has 1 aromatic carbocycles. The van der Waals surface area contributed by atoms with Crippen LogP contribution in [0.3, 0.4) is 0 Å². The van der Waals surface area contributed by atoms with Crippen LogP contribution in [0.2, 0.25) is 0 Å². The number of hydrogen-bond donors (Lipinski definition) is 1. The van der Waals surface area contributed by atoms with E-state index in [1.165, 1.54) is 12.8 Å². The molecular formula is C29H44N4O4. The first-order valence-electron chi connectivity index (χ1n) is 14.3. The molecule has 2 aliphatic heterocycles. The van der Waals surface area contributed by atoms with Crippen molar-refractivity contribution in [3.8, 4) is 5.75 Å². The van der Waals surface area contributed by atoms with E-state index >= 15 is 0 Å². The fourth-order valence-electron chi connectivity index (χ4n) is 6.31. The lowest BCUT2D eigenvalue weighted by atomic mass is 9.90. The van der Waals surface area contributed by atoms with Crippen LogP contribution in [0.15, 0.2) is 24.3 Å². The molecule has 1 unspecified atom stereocenters. The molecule has 37 heavy (non-hydrogen) atoms. The second-order valence-corrected chi connectivity index (χ2v) is 12.2. The molecule has 2 saturated heterocycles. The van der Waals surface area contributed by atoms with Crippen molar-refractivity contribution in [2.24, 2.45) is 0 Å². The van der Waals surface area contributed by atoms with E-state index in [0.717, 1.165) is 76.0 Å². The van der Waals surface area contributed by atoms with Crippen LogP contribution in [0.4, 0.5) is 15.3 Å². The van der Waals surface area contributed by atoms with E-state index < -0.39 is 5.60 Å². The van der Waals surface area contributed by atoms with Crippen molar-refractivity contribution >= 4 is 17.8 Å². The van der Waals surface area contributed by atoms with Gasteiger partial charge in [0, 0.05) is 50.0 Å². The van der Waals surface area contributed by atoms with Crippen molar-refractivity contribution in [2.45, 2.75) is 108 Å². The lowest BCUT2D eigenvalue weighted by Crippen LogP contribution is -2.47. The zero-order chi connectivity index (χ0) is 26.0. The van der Waals surface area contributed by atoms with Gasteiger partial charge in [-0.1, -0.05) is 0 Å². The Morgan fingerprint density at radius 3 is 2.27 bits per heavy atom. The van der Waals surface area contributed by atoms with Crippen LogP contribution in [0.1, 0.15) is 78.6 Å². The lowest BCUT2D eigenvalue weighted by molar-refractivity contribution is 0.0290. The molecule has 1 N–H and O–H groups in total. The smallest absolute Gasteiger partial charge is 0.410 e. The number of anilines is 1. The van der Waals surface area contributed by atoms with E-state index in [1.54, 1.807) is 0 Å².